The number of benzene rings is 1. The third-order valence-corrected chi connectivity index (χ3v) is 5.69. The minimum Gasteiger partial charge on any atom is -0.497 e. The van der Waals surface area contributed by atoms with Gasteiger partial charge in [0.1, 0.15) is 5.75 Å². The maximum atomic E-state index is 12.6. The van der Waals surface area contributed by atoms with Gasteiger partial charge in [0.05, 0.1) is 30.4 Å². The quantitative estimate of drug-likeness (QED) is 0.371. The zero-order valence-corrected chi connectivity index (χ0v) is 17.7. The molecule has 8 heteroatoms. The van der Waals surface area contributed by atoms with Gasteiger partial charge in [0.15, 0.2) is 0 Å². The molecule has 8 nitrogen and oxygen atoms in total. The Bertz CT molecular complexity index is 963. The van der Waals surface area contributed by atoms with Gasteiger partial charge in [0, 0.05) is 37.8 Å². The molecule has 1 aliphatic carbocycles. The molecule has 0 radical (unpaired) electrons. The van der Waals surface area contributed by atoms with Gasteiger partial charge in [-0.1, -0.05) is 19.3 Å². The highest BCUT2D eigenvalue weighted by atomic mass is 16.5. The van der Waals surface area contributed by atoms with Crippen molar-refractivity contribution >= 4 is 28.7 Å². The van der Waals surface area contributed by atoms with E-state index in [0.29, 0.717) is 29.5 Å². The number of pyridine rings is 1. The molecule has 1 aromatic carbocycles. The summed E-state index contributed by atoms with van der Waals surface area (Å²) in [6.45, 7) is 1.32. The second-order valence-corrected chi connectivity index (χ2v) is 7.67. The van der Waals surface area contributed by atoms with E-state index in [0.717, 1.165) is 18.1 Å². The lowest BCUT2D eigenvalue weighted by atomic mass is 9.95. The molecule has 1 fully saturated rings. The average Bonchev–Trinajstić information content (AvgIpc) is 2.78. The van der Waals surface area contributed by atoms with Crippen molar-refractivity contribution in [1.29, 1.82) is 5.41 Å². The predicted molar refractivity (Wildman–Crippen MR) is 120 cm³/mol. The first kappa shape index (κ1) is 21.8. The van der Waals surface area contributed by atoms with Gasteiger partial charge in [-0.3, -0.25) is 9.59 Å². The maximum Gasteiger partial charge on any atom is 0.261 e. The summed E-state index contributed by atoms with van der Waals surface area (Å²) in [5, 5.41) is 17.9. The van der Waals surface area contributed by atoms with E-state index in [1.165, 1.54) is 36.7 Å². The van der Waals surface area contributed by atoms with Crippen molar-refractivity contribution in [1.82, 2.24) is 15.2 Å². The van der Waals surface area contributed by atoms with Gasteiger partial charge < -0.3 is 30.7 Å². The zero-order valence-electron chi connectivity index (χ0n) is 17.7. The number of aryl methyl sites for hydroxylation is 1. The summed E-state index contributed by atoms with van der Waals surface area (Å²) in [5.74, 6) is 0.478. The molecule has 1 aromatic heterocycles. The number of nitrogens with zero attached hydrogens (tertiary/aromatic N) is 1. The molecule has 4 N–H and O–H groups in total. The molecular weight excluding hydrogens is 382 g/mol. The number of rotatable bonds is 9. The van der Waals surface area contributed by atoms with E-state index in [9.17, 15) is 9.59 Å². The van der Waals surface area contributed by atoms with Gasteiger partial charge in [0.2, 0.25) is 5.91 Å². The normalized spacial score (nSPS) is 14.5. The first-order chi connectivity index (χ1) is 14.5. The lowest BCUT2D eigenvalue weighted by Gasteiger charge is -2.22. The van der Waals surface area contributed by atoms with Crippen LogP contribution in [0.25, 0.3) is 10.9 Å². The summed E-state index contributed by atoms with van der Waals surface area (Å²) < 4.78 is 6.80. The number of aromatic nitrogens is 1. The number of hydrogen-bond donors (Lipinski definition) is 4. The molecular formula is C22H31N5O3. The van der Waals surface area contributed by atoms with Crippen LogP contribution in [-0.4, -0.2) is 49.5 Å². The van der Waals surface area contributed by atoms with E-state index in [2.05, 4.69) is 16.0 Å². The average molecular weight is 414 g/mol. The van der Waals surface area contributed by atoms with E-state index in [4.69, 9.17) is 10.1 Å². The molecule has 1 saturated carbocycles. The Hall–Kier alpha value is -2.87. The van der Waals surface area contributed by atoms with Crippen LogP contribution in [-0.2, 0) is 11.8 Å². The lowest BCUT2D eigenvalue weighted by Crippen LogP contribution is -2.39. The molecule has 1 heterocycles. The molecule has 0 bridgehead atoms. The standard InChI is InChI=1S/C22H31N5O3/c1-27-19-9-8-16(30-2)12-17(19)21(18(13-23)22(27)29)26-14-20(28)25-11-10-24-15-6-4-3-5-7-15/h8-9,12-13,15,23-24,26H,3-7,10-11,14H2,1-2H3,(H,25,28). The molecule has 0 atom stereocenters. The molecule has 1 amide bonds. The van der Waals surface area contributed by atoms with Crippen molar-refractivity contribution in [2.24, 2.45) is 7.05 Å². The minimum absolute atomic E-state index is 0.0176. The van der Waals surface area contributed by atoms with Crippen LogP contribution in [0.5, 0.6) is 5.75 Å². The van der Waals surface area contributed by atoms with Crippen LogP contribution in [0.1, 0.15) is 37.7 Å². The summed E-state index contributed by atoms with van der Waals surface area (Å²) in [6.07, 6.45) is 7.32. The summed E-state index contributed by atoms with van der Waals surface area (Å²) in [5.41, 5.74) is 1.09. The van der Waals surface area contributed by atoms with Crippen molar-refractivity contribution in [3.05, 3.63) is 34.1 Å². The third kappa shape index (κ3) is 4.99. The maximum absolute atomic E-state index is 12.6. The van der Waals surface area contributed by atoms with Gasteiger partial charge in [-0.25, -0.2) is 0 Å². The predicted octanol–water partition coefficient (Wildman–Crippen LogP) is 2.00. The largest absolute Gasteiger partial charge is 0.497 e. The van der Waals surface area contributed by atoms with Crippen LogP contribution in [0.15, 0.2) is 23.0 Å². The molecule has 162 valence electrons. The van der Waals surface area contributed by atoms with E-state index in [1.54, 1.807) is 32.4 Å². The van der Waals surface area contributed by atoms with Crippen LogP contribution in [0.2, 0.25) is 0 Å². The van der Waals surface area contributed by atoms with Crippen LogP contribution in [0.3, 0.4) is 0 Å². The molecule has 3 rings (SSSR count). The van der Waals surface area contributed by atoms with E-state index >= 15 is 0 Å². The van der Waals surface area contributed by atoms with Crippen LogP contribution in [0, 0.1) is 5.41 Å². The van der Waals surface area contributed by atoms with Crippen molar-refractivity contribution in [2.75, 3.05) is 32.1 Å². The Kier molecular flexibility index (Phi) is 7.46. The Morgan fingerprint density at radius 2 is 2.03 bits per heavy atom. The summed E-state index contributed by atoms with van der Waals surface area (Å²) in [4.78, 5) is 24.9. The smallest absolute Gasteiger partial charge is 0.261 e. The zero-order chi connectivity index (χ0) is 21.5. The molecule has 0 unspecified atom stereocenters. The number of nitrogens with one attached hydrogen (secondary N) is 4. The molecule has 0 spiro atoms. The first-order valence-corrected chi connectivity index (χ1v) is 10.5. The second kappa shape index (κ2) is 10.2. The van der Waals surface area contributed by atoms with Crippen LogP contribution in [0.4, 0.5) is 5.69 Å². The fourth-order valence-electron chi connectivity index (χ4n) is 4.02. The van der Waals surface area contributed by atoms with Gasteiger partial charge in [-0.15, -0.1) is 0 Å². The van der Waals surface area contributed by atoms with Gasteiger partial charge in [-0.2, -0.15) is 0 Å². The van der Waals surface area contributed by atoms with Gasteiger partial charge in [0.25, 0.3) is 5.56 Å². The number of methoxy groups -OCH3 is 1. The number of carbonyl (C=O) groups is 1. The number of ether oxygens (including phenoxy) is 1. The monoisotopic (exact) mass is 413 g/mol. The SMILES string of the molecule is COc1ccc2c(c1)c(NCC(=O)NCCNC1CCCCC1)c(C=N)c(=O)n2C. The summed E-state index contributed by atoms with van der Waals surface area (Å²) >= 11 is 0. The minimum atomic E-state index is -0.290. The number of anilines is 1. The molecule has 0 saturated heterocycles. The second-order valence-electron chi connectivity index (χ2n) is 7.67. The van der Waals surface area contributed by atoms with Crippen LogP contribution >= 0.6 is 0 Å². The number of carbonyl (C=O) groups excluding carboxylic acids is 1. The fourth-order valence-corrected chi connectivity index (χ4v) is 4.02. The summed E-state index contributed by atoms with van der Waals surface area (Å²) in [7, 11) is 3.24. The number of amides is 1. The van der Waals surface area contributed by atoms with E-state index < -0.39 is 0 Å². The highest BCUT2D eigenvalue weighted by molar-refractivity contribution is 6.02. The Balaban J connectivity index is 1.65. The highest BCUT2D eigenvalue weighted by Crippen LogP contribution is 2.28. The fraction of sp³-hybridized carbons (Fsp3) is 0.500. The number of hydrogen-bond acceptors (Lipinski definition) is 6. The number of fused-ring (bicyclic) bond motifs is 1. The Morgan fingerprint density at radius 1 is 1.27 bits per heavy atom. The molecule has 0 aliphatic heterocycles. The molecule has 2 aromatic rings. The first-order valence-electron chi connectivity index (χ1n) is 10.5. The third-order valence-electron chi connectivity index (χ3n) is 5.69. The van der Waals surface area contributed by atoms with Crippen molar-refractivity contribution in [2.45, 2.75) is 38.1 Å². The van der Waals surface area contributed by atoms with Crippen molar-refractivity contribution in [3.8, 4) is 5.75 Å². The lowest BCUT2D eigenvalue weighted by molar-refractivity contribution is -0.119. The van der Waals surface area contributed by atoms with E-state index in [1.807, 2.05) is 0 Å². The Morgan fingerprint density at radius 3 is 2.73 bits per heavy atom. The molecule has 1 aliphatic rings. The van der Waals surface area contributed by atoms with Crippen molar-refractivity contribution < 1.29 is 9.53 Å². The Labute approximate surface area is 176 Å². The highest BCUT2D eigenvalue weighted by Gasteiger charge is 2.16. The van der Waals surface area contributed by atoms with Crippen molar-refractivity contribution in [3.63, 3.8) is 0 Å². The van der Waals surface area contributed by atoms with E-state index in [-0.39, 0.29) is 23.6 Å². The molecule has 30 heavy (non-hydrogen) atoms. The van der Waals surface area contributed by atoms with Crippen LogP contribution < -0.4 is 26.2 Å². The van der Waals surface area contributed by atoms with Gasteiger partial charge >= 0.3 is 0 Å². The summed E-state index contributed by atoms with van der Waals surface area (Å²) in [6, 6.07) is 5.94. The van der Waals surface area contributed by atoms with Gasteiger partial charge in [-0.05, 0) is 31.0 Å². The topological polar surface area (TPSA) is 108 Å².